The predicted molar refractivity (Wildman–Crippen MR) is 352 cm³/mol. The zero-order chi connectivity index (χ0) is 61.2. The molecule has 2 fully saturated rings. The summed E-state index contributed by atoms with van der Waals surface area (Å²) in [5.74, 6) is 2.68. The Kier molecular flexibility index (Phi) is 11.9. The molecule has 2 saturated carbocycles. The first kappa shape index (κ1) is 53.7. The molecule has 1 N–H and O–H groups in total. The highest BCUT2D eigenvalue weighted by atomic mass is 16.5. The van der Waals surface area contributed by atoms with E-state index in [9.17, 15) is 19.5 Å². The SMILES string of the molecule is COc1ccc(CN2Cc3c(c4c5ccccc5n5c4c4c3c3ccccc3n4[C@@H]3C[C@H]5C[C@H]3O)C2=O)cc1.COc1ccc(CN2Cc3c(c4c5ccccc5n5c4c4c3c3ccccc3n4[C@@H]3C[C@H]5C[C@H]3OC(=O)Cc3ccc(OC)c(OC)c3)C2=O)cc1. The minimum atomic E-state index is -0.403. The van der Waals surface area contributed by atoms with Crippen LogP contribution in [0.1, 0.15) is 98.4 Å². The van der Waals surface area contributed by atoms with E-state index in [1.54, 1.807) is 28.4 Å². The number of aliphatic hydroxyl groups is 1. The zero-order valence-corrected chi connectivity index (χ0v) is 50.8. The van der Waals surface area contributed by atoms with E-state index in [1.807, 2.05) is 76.5 Å². The number of nitrogens with zero attached hydrogens (tertiary/aromatic N) is 6. The molecule has 452 valence electrons. The number of hydrogen-bond acceptors (Lipinski definition) is 9. The average molecular weight is 1210 g/mol. The van der Waals surface area contributed by atoms with Gasteiger partial charge in [0.15, 0.2) is 11.5 Å². The van der Waals surface area contributed by atoms with Gasteiger partial charge in [-0.3, -0.25) is 14.4 Å². The van der Waals surface area contributed by atoms with E-state index in [0.717, 1.165) is 141 Å². The molecule has 15 nitrogen and oxygen atoms in total. The van der Waals surface area contributed by atoms with Gasteiger partial charge < -0.3 is 56.9 Å². The van der Waals surface area contributed by atoms with Gasteiger partial charge in [0.1, 0.15) is 17.6 Å². The van der Waals surface area contributed by atoms with Crippen molar-refractivity contribution in [3.05, 3.63) is 203 Å². The number of aromatic nitrogens is 4. The van der Waals surface area contributed by atoms with Gasteiger partial charge in [-0.1, -0.05) is 103 Å². The molecule has 19 rings (SSSR count). The molecular formula is C76H64N6O9. The van der Waals surface area contributed by atoms with E-state index in [1.165, 1.54) is 16.3 Å². The highest BCUT2D eigenvalue weighted by Crippen LogP contribution is 2.57. The highest BCUT2D eigenvalue weighted by molar-refractivity contribution is 6.32. The summed E-state index contributed by atoms with van der Waals surface area (Å²) in [7, 11) is 6.51. The van der Waals surface area contributed by atoms with E-state index >= 15 is 0 Å². The van der Waals surface area contributed by atoms with Crippen molar-refractivity contribution in [2.45, 2.75) is 94.7 Å². The Morgan fingerprint density at radius 3 is 1.35 bits per heavy atom. The number of carbonyl (C=O) groups is 3. The van der Waals surface area contributed by atoms with Gasteiger partial charge >= 0.3 is 5.97 Å². The Bertz CT molecular complexity index is 5290. The molecule has 13 aromatic rings. The number of ether oxygens (including phenoxy) is 5. The van der Waals surface area contributed by atoms with E-state index < -0.39 is 6.10 Å². The monoisotopic (exact) mass is 1200 g/mol. The number of esters is 1. The Labute approximate surface area is 522 Å². The number of para-hydroxylation sites is 4. The molecular weight excluding hydrogens is 1140 g/mol. The summed E-state index contributed by atoms with van der Waals surface area (Å²) in [5, 5.41) is 20.2. The number of rotatable bonds is 11. The van der Waals surface area contributed by atoms with Crippen molar-refractivity contribution in [3.63, 3.8) is 0 Å². The maximum absolute atomic E-state index is 14.7. The summed E-state index contributed by atoms with van der Waals surface area (Å²) in [5.41, 5.74) is 15.8. The van der Waals surface area contributed by atoms with Crippen LogP contribution in [-0.4, -0.2) is 91.6 Å². The molecule has 0 radical (unpaired) electrons. The fourth-order valence-corrected chi connectivity index (χ4v) is 17.3. The number of amides is 2. The number of fused-ring (bicyclic) bond motifs is 26. The normalized spacial score (nSPS) is 20.1. The molecule has 4 bridgehead atoms. The van der Waals surface area contributed by atoms with Crippen LogP contribution in [0.15, 0.2) is 164 Å². The quantitative estimate of drug-likeness (QED) is 0.125. The lowest BCUT2D eigenvalue weighted by molar-refractivity contribution is -0.149. The third-order valence-corrected chi connectivity index (χ3v) is 21.0. The second kappa shape index (κ2) is 20.1. The van der Waals surface area contributed by atoms with Crippen molar-refractivity contribution < 1.29 is 43.2 Å². The van der Waals surface area contributed by atoms with Gasteiger partial charge in [-0.05, 0) is 108 Å². The maximum atomic E-state index is 14.7. The Morgan fingerprint density at radius 2 is 0.868 bits per heavy atom. The van der Waals surface area contributed by atoms with Gasteiger partial charge in [-0.25, -0.2) is 0 Å². The topological polar surface area (TPSA) is 144 Å². The van der Waals surface area contributed by atoms with Gasteiger partial charge in [0.25, 0.3) is 11.8 Å². The number of aliphatic hydroxyl groups excluding tert-OH is 1. The lowest BCUT2D eigenvalue weighted by Crippen LogP contribution is -2.26. The zero-order valence-electron chi connectivity index (χ0n) is 50.8. The smallest absolute Gasteiger partial charge is 0.310 e. The van der Waals surface area contributed by atoms with Gasteiger partial charge in [-0.2, -0.15) is 0 Å². The van der Waals surface area contributed by atoms with Crippen LogP contribution in [0.3, 0.4) is 0 Å². The van der Waals surface area contributed by atoms with Crippen LogP contribution in [-0.2, 0) is 42.1 Å². The first-order valence-corrected chi connectivity index (χ1v) is 31.5. The summed E-state index contributed by atoms with van der Waals surface area (Å²) in [4.78, 5) is 46.6. The van der Waals surface area contributed by atoms with E-state index in [-0.39, 0.29) is 54.5 Å². The first-order valence-electron chi connectivity index (χ1n) is 31.5. The van der Waals surface area contributed by atoms with Crippen molar-refractivity contribution >= 4 is 105 Å². The second-order valence-corrected chi connectivity index (χ2v) is 25.5. The molecule has 0 spiro atoms. The number of benzene rings is 9. The largest absolute Gasteiger partial charge is 0.497 e. The Balaban J connectivity index is 0.000000140. The minimum Gasteiger partial charge on any atom is -0.497 e. The van der Waals surface area contributed by atoms with Crippen LogP contribution >= 0.6 is 0 Å². The van der Waals surface area contributed by atoms with Crippen LogP contribution in [0.2, 0.25) is 0 Å². The lowest BCUT2D eigenvalue weighted by atomic mass is 9.97. The van der Waals surface area contributed by atoms with E-state index in [2.05, 4.69) is 115 Å². The van der Waals surface area contributed by atoms with Crippen LogP contribution in [0, 0.1) is 0 Å². The molecule has 4 aliphatic heterocycles. The average Bonchev–Trinajstić information content (AvgIpc) is 1.52. The standard InChI is InChI=1S/C43H37N3O6.C33H27N3O3/c1-49-27-15-12-24(13-16-27)22-44-23-30-38-28-8-4-7-11-32(28)46-33-20-26(21-35(33)52-37(47)19-25-14-17-34(50-2)36(18-25)51-3)45-31-10-6-5-9-29(31)39(40(30)43(44)48)42(45)41(38)46;1-39-20-12-10-18(11-13-20)16-34-17-23-28-21-6-2-5-9-25(21)36-26-14-19(15-27(26)37)35-24-8-4-3-7-22(24)29(30(23)33(34)38)32(35)31(28)36/h4-18,26,33,35H,19-23H2,1-3H3;2-13,19,26-27,37H,14-17H2,1H3/t26-,33+,35+;19-,26+,27+/m00/s1. The number of hydrogen-bond donors (Lipinski definition) is 1. The number of carbonyl (C=O) groups excluding carboxylic acids is 3. The lowest BCUT2D eigenvalue weighted by Gasteiger charge is -2.24. The molecule has 4 aromatic heterocycles. The molecule has 2 amide bonds. The molecule has 15 heteroatoms. The van der Waals surface area contributed by atoms with Crippen molar-refractivity contribution in [2.24, 2.45) is 0 Å². The first-order chi connectivity index (χ1) is 44.6. The third-order valence-electron chi connectivity index (χ3n) is 21.0. The van der Waals surface area contributed by atoms with Crippen LogP contribution < -0.4 is 18.9 Å². The molecule has 6 atom stereocenters. The van der Waals surface area contributed by atoms with Crippen molar-refractivity contribution in [2.75, 3.05) is 28.4 Å². The van der Waals surface area contributed by atoms with Gasteiger partial charge in [0.05, 0.1) is 86.2 Å². The third kappa shape index (κ3) is 7.67. The maximum Gasteiger partial charge on any atom is 0.310 e. The molecule has 91 heavy (non-hydrogen) atoms. The van der Waals surface area contributed by atoms with Gasteiger partial charge in [-0.15, -0.1) is 0 Å². The summed E-state index contributed by atoms with van der Waals surface area (Å²) >= 11 is 0. The van der Waals surface area contributed by atoms with Crippen LogP contribution in [0.25, 0.3) is 87.2 Å². The second-order valence-electron chi connectivity index (χ2n) is 25.5. The highest BCUT2D eigenvalue weighted by Gasteiger charge is 2.48. The molecule has 2 aliphatic carbocycles. The Hall–Kier alpha value is -10.3. The van der Waals surface area contributed by atoms with Crippen LogP contribution in [0.5, 0.6) is 23.0 Å². The fourth-order valence-electron chi connectivity index (χ4n) is 17.3. The molecule has 0 unspecified atom stereocenters. The summed E-state index contributed by atoms with van der Waals surface area (Å²) in [6, 6.07) is 55.7. The van der Waals surface area contributed by atoms with Crippen LogP contribution in [0.4, 0.5) is 0 Å². The predicted octanol–water partition coefficient (Wildman–Crippen LogP) is 14.4. The van der Waals surface area contributed by atoms with Crippen molar-refractivity contribution in [1.29, 1.82) is 0 Å². The number of methoxy groups -OCH3 is 4. The van der Waals surface area contributed by atoms with Gasteiger partial charge in [0.2, 0.25) is 0 Å². The van der Waals surface area contributed by atoms with E-state index in [0.29, 0.717) is 44.1 Å². The molecule has 8 heterocycles. The molecule has 0 saturated heterocycles. The summed E-state index contributed by atoms with van der Waals surface area (Å²) in [6.07, 6.45) is 2.50. The van der Waals surface area contributed by atoms with E-state index in [4.69, 9.17) is 23.7 Å². The van der Waals surface area contributed by atoms with Crippen molar-refractivity contribution in [1.82, 2.24) is 28.1 Å². The van der Waals surface area contributed by atoms with Gasteiger partial charge in [0, 0.05) is 110 Å². The summed E-state index contributed by atoms with van der Waals surface area (Å²) < 4.78 is 37.8. The minimum absolute atomic E-state index is 0.0184. The fraction of sp³-hybridized carbons (Fsp3) is 0.250. The molecule has 9 aromatic carbocycles. The molecule has 6 aliphatic rings. The van der Waals surface area contributed by atoms with Crippen molar-refractivity contribution in [3.8, 4) is 23.0 Å². The Morgan fingerprint density at radius 1 is 0.451 bits per heavy atom. The summed E-state index contributed by atoms with van der Waals surface area (Å²) in [6.45, 7) is 2.12.